The zero-order valence-electron chi connectivity index (χ0n) is 16.0. The maximum atomic E-state index is 12.8. The van der Waals surface area contributed by atoms with E-state index in [4.69, 9.17) is 9.15 Å². The molecule has 1 aromatic carbocycles. The van der Waals surface area contributed by atoms with Crippen LogP contribution in [-0.2, 0) is 31.0 Å². The SMILES string of the molecule is O=c1c(=O)n2c(nn1Cc1ccccc1)CO[C@@]1(CCN(Cc3ccoc3)C1)C2. The Morgan fingerprint density at radius 3 is 2.66 bits per heavy atom. The van der Waals surface area contributed by atoms with Gasteiger partial charge in [-0.05, 0) is 18.1 Å². The van der Waals surface area contributed by atoms with Gasteiger partial charge in [0.2, 0.25) is 0 Å². The second-order valence-electron chi connectivity index (χ2n) is 7.82. The molecule has 0 amide bonds. The van der Waals surface area contributed by atoms with Gasteiger partial charge in [-0.15, -0.1) is 0 Å². The standard InChI is InChI=1S/C21H22N4O4/c26-19-20(27)25(11-16-4-2-1-3-5-16)22-18-13-29-21(15-24(18)19)7-8-23(14-21)10-17-6-9-28-12-17/h1-6,9,12H,7-8,10-11,13-15H2/t21-/m1/s1. The first-order chi connectivity index (χ1) is 14.1. The predicted octanol–water partition coefficient (Wildman–Crippen LogP) is 1.22. The van der Waals surface area contributed by atoms with Crippen LogP contribution in [0.1, 0.15) is 23.4 Å². The minimum absolute atomic E-state index is 0.226. The monoisotopic (exact) mass is 394 g/mol. The van der Waals surface area contributed by atoms with Crippen molar-refractivity contribution in [1.29, 1.82) is 0 Å². The average Bonchev–Trinajstić information content (AvgIpc) is 3.38. The molecule has 1 atom stereocenters. The van der Waals surface area contributed by atoms with Gasteiger partial charge in [-0.3, -0.25) is 19.1 Å². The van der Waals surface area contributed by atoms with Crippen LogP contribution in [0, 0.1) is 0 Å². The van der Waals surface area contributed by atoms with Crippen LogP contribution in [-0.4, -0.2) is 37.9 Å². The lowest BCUT2D eigenvalue weighted by Gasteiger charge is -2.35. The van der Waals surface area contributed by atoms with E-state index >= 15 is 0 Å². The summed E-state index contributed by atoms with van der Waals surface area (Å²) < 4.78 is 14.1. The highest BCUT2D eigenvalue weighted by molar-refractivity contribution is 5.15. The molecule has 0 radical (unpaired) electrons. The highest BCUT2D eigenvalue weighted by Crippen LogP contribution is 2.31. The van der Waals surface area contributed by atoms with Crippen molar-refractivity contribution in [3.8, 4) is 0 Å². The van der Waals surface area contributed by atoms with Crippen molar-refractivity contribution in [2.75, 3.05) is 13.1 Å². The molecule has 29 heavy (non-hydrogen) atoms. The topological polar surface area (TPSA) is 82.5 Å². The van der Waals surface area contributed by atoms with Crippen LogP contribution in [0.2, 0.25) is 0 Å². The molecule has 5 rings (SSSR count). The number of rotatable bonds is 4. The van der Waals surface area contributed by atoms with Crippen molar-refractivity contribution in [1.82, 2.24) is 19.2 Å². The summed E-state index contributed by atoms with van der Waals surface area (Å²) in [6.07, 6.45) is 4.22. The minimum atomic E-state index is -0.595. The number of nitrogens with zero attached hydrogens (tertiary/aromatic N) is 4. The molecule has 0 aliphatic carbocycles. The number of fused-ring (bicyclic) bond motifs is 1. The smallest absolute Gasteiger partial charge is 0.332 e. The van der Waals surface area contributed by atoms with Crippen LogP contribution < -0.4 is 11.1 Å². The minimum Gasteiger partial charge on any atom is -0.472 e. The Morgan fingerprint density at radius 2 is 1.86 bits per heavy atom. The molecule has 150 valence electrons. The maximum absolute atomic E-state index is 12.8. The van der Waals surface area contributed by atoms with Gasteiger partial charge < -0.3 is 9.15 Å². The number of benzene rings is 1. The van der Waals surface area contributed by atoms with E-state index < -0.39 is 16.7 Å². The van der Waals surface area contributed by atoms with Gasteiger partial charge in [-0.2, -0.15) is 5.10 Å². The van der Waals surface area contributed by atoms with E-state index in [9.17, 15) is 9.59 Å². The fraction of sp³-hybridized carbons (Fsp3) is 0.381. The fourth-order valence-electron chi connectivity index (χ4n) is 4.22. The van der Waals surface area contributed by atoms with Crippen LogP contribution >= 0.6 is 0 Å². The Bertz CT molecular complexity index is 1120. The lowest BCUT2D eigenvalue weighted by Crippen LogP contribution is -2.53. The number of hydrogen-bond donors (Lipinski definition) is 0. The molecule has 1 saturated heterocycles. The van der Waals surface area contributed by atoms with Gasteiger partial charge in [0.1, 0.15) is 12.2 Å². The Kier molecular flexibility index (Phi) is 4.44. The molecule has 2 aliphatic heterocycles. The van der Waals surface area contributed by atoms with E-state index in [1.807, 2.05) is 36.4 Å². The van der Waals surface area contributed by atoms with Gasteiger partial charge in [0.15, 0.2) is 5.82 Å². The summed E-state index contributed by atoms with van der Waals surface area (Å²) >= 11 is 0. The Morgan fingerprint density at radius 1 is 1.00 bits per heavy atom. The first-order valence-electron chi connectivity index (χ1n) is 9.74. The third-order valence-corrected chi connectivity index (χ3v) is 5.72. The Balaban J connectivity index is 1.38. The molecule has 1 spiro atoms. The molecule has 0 N–H and O–H groups in total. The molecule has 1 fully saturated rings. The molecule has 0 saturated carbocycles. The maximum Gasteiger partial charge on any atom is 0.332 e. The normalized spacial score (nSPS) is 21.5. The molecular weight excluding hydrogens is 372 g/mol. The fourth-order valence-corrected chi connectivity index (χ4v) is 4.22. The van der Waals surface area contributed by atoms with E-state index in [2.05, 4.69) is 10.00 Å². The van der Waals surface area contributed by atoms with Gasteiger partial charge >= 0.3 is 11.1 Å². The summed E-state index contributed by atoms with van der Waals surface area (Å²) in [4.78, 5) is 27.7. The molecule has 8 nitrogen and oxygen atoms in total. The molecule has 4 heterocycles. The van der Waals surface area contributed by atoms with Crippen LogP contribution in [0.5, 0.6) is 0 Å². The van der Waals surface area contributed by atoms with E-state index in [1.54, 1.807) is 12.5 Å². The van der Waals surface area contributed by atoms with Crippen molar-refractivity contribution in [2.24, 2.45) is 0 Å². The zero-order chi connectivity index (χ0) is 19.8. The Hall–Kier alpha value is -2.97. The number of aromatic nitrogens is 3. The van der Waals surface area contributed by atoms with Crippen LogP contribution in [0.3, 0.4) is 0 Å². The van der Waals surface area contributed by atoms with Gasteiger partial charge in [-0.25, -0.2) is 4.68 Å². The summed E-state index contributed by atoms with van der Waals surface area (Å²) in [6, 6.07) is 11.5. The highest BCUT2D eigenvalue weighted by atomic mass is 16.5. The lowest BCUT2D eigenvalue weighted by atomic mass is 10.0. The van der Waals surface area contributed by atoms with Crippen LogP contribution in [0.15, 0.2) is 62.9 Å². The summed E-state index contributed by atoms with van der Waals surface area (Å²) in [5.74, 6) is 0.504. The van der Waals surface area contributed by atoms with Crippen LogP contribution in [0.4, 0.5) is 0 Å². The average molecular weight is 394 g/mol. The summed E-state index contributed by atoms with van der Waals surface area (Å²) in [7, 11) is 0. The van der Waals surface area contributed by atoms with Crippen LogP contribution in [0.25, 0.3) is 0 Å². The third kappa shape index (κ3) is 3.45. The molecule has 2 aromatic heterocycles. The lowest BCUT2D eigenvalue weighted by molar-refractivity contribution is -0.0858. The van der Waals surface area contributed by atoms with Crippen molar-refractivity contribution >= 4 is 0 Å². The van der Waals surface area contributed by atoms with Gasteiger partial charge in [0.05, 0.1) is 25.6 Å². The molecule has 2 aliphatic rings. The van der Waals surface area contributed by atoms with E-state index in [1.165, 1.54) is 9.25 Å². The second kappa shape index (κ2) is 7.13. The molecule has 0 bridgehead atoms. The van der Waals surface area contributed by atoms with Crippen molar-refractivity contribution in [3.05, 3.63) is 86.6 Å². The molecule has 3 aromatic rings. The van der Waals surface area contributed by atoms with Gasteiger partial charge in [-0.1, -0.05) is 30.3 Å². The number of likely N-dealkylation sites (tertiary alicyclic amines) is 1. The third-order valence-electron chi connectivity index (χ3n) is 5.72. The van der Waals surface area contributed by atoms with Crippen molar-refractivity contribution in [2.45, 2.75) is 38.3 Å². The first-order valence-corrected chi connectivity index (χ1v) is 9.74. The molecule has 0 unspecified atom stereocenters. The highest BCUT2D eigenvalue weighted by Gasteiger charge is 2.43. The quantitative estimate of drug-likeness (QED) is 0.619. The summed E-state index contributed by atoms with van der Waals surface area (Å²) in [5, 5.41) is 4.42. The number of ether oxygens (including phenoxy) is 1. The van der Waals surface area contributed by atoms with E-state index in [0.717, 1.165) is 30.6 Å². The van der Waals surface area contributed by atoms with E-state index in [-0.39, 0.29) is 13.2 Å². The zero-order valence-corrected chi connectivity index (χ0v) is 16.0. The van der Waals surface area contributed by atoms with Crippen molar-refractivity contribution < 1.29 is 9.15 Å². The summed E-state index contributed by atoms with van der Waals surface area (Å²) in [5.41, 5.74) is 0.455. The second-order valence-corrected chi connectivity index (χ2v) is 7.82. The molecular formula is C21H22N4O4. The largest absolute Gasteiger partial charge is 0.472 e. The Labute approximate surface area is 166 Å². The van der Waals surface area contributed by atoms with Gasteiger partial charge in [0, 0.05) is 25.2 Å². The summed E-state index contributed by atoms with van der Waals surface area (Å²) in [6.45, 7) is 3.21. The first kappa shape index (κ1) is 18.1. The van der Waals surface area contributed by atoms with E-state index in [0.29, 0.717) is 18.9 Å². The number of furan rings is 1. The predicted molar refractivity (Wildman–Crippen MR) is 104 cm³/mol. The van der Waals surface area contributed by atoms with Crippen molar-refractivity contribution in [3.63, 3.8) is 0 Å². The van der Waals surface area contributed by atoms with Gasteiger partial charge in [0.25, 0.3) is 0 Å². The number of hydrogen-bond acceptors (Lipinski definition) is 6. The molecule has 8 heteroatoms.